The Labute approximate surface area is 622 Å². The maximum absolute atomic E-state index is 15.0. The van der Waals surface area contributed by atoms with Gasteiger partial charge in [0.2, 0.25) is 35.4 Å². The molecule has 24 nitrogen and oxygen atoms in total. The SMILES string of the molecule is CC[C@H](C)[C@@H]([C@@H](CC(=O)N1CCC[C@H]1[C@H](OC)[C@@H](C)C(=O)N[C@@H](Cc1ccccc1)C(=O)OC)OC)N(C)C(=O)[C@@H](CC(=O)[C@H](C(C)C)N(C)Cc1cccc(CC(=O)OCc2ccc(CC(=O)[C@H](CCCNC(N)=O)NC(=O)[C@@H](CC(=O)CCCCCN3C(=O)CC(C)C3=O)C(C)C)cc2)c1)C(C)C. The normalized spacial score (nSPS) is 17.5. The summed E-state index contributed by atoms with van der Waals surface area (Å²) in [5.74, 6) is -6.29. The van der Waals surface area contributed by atoms with Crippen molar-refractivity contribution in [2.24, 2.45) is 53.1 Å². The Morgan fingerprint density at radius 2 is 1.32 bits per heavy atom. The van der Waals surface area contributed by atoms with E-state index in [1.165, 1.54) is 26.2 Å². The molecule has 2 aliphatic heterocycles. The van der Waals surface area contributed by atoms with Crippen LogP contribution in [0.1, 0.15) is 181 Å². The van der Waals surface area contributed by atoms with Gasteiger partial charge in [0.15, 0.2) is 11.6 Å². The third-order valence-corrected chi connectivity index (χ3v) is 21.0. The summed E-state index contributed by atoms with van der Waals surface area (Å²) in [6.07, 6.45) is 3.33. The van der Waals surface area contributed by atoms with Crippen LogP contribution in [0.3, 0.4) is 0 Å². The molecule has 3 aromatic rings. The number of likely N-dealkylation sites (N-methyl/N-ethyl adjacent to an activating group) is 2. The van der Waals surface area contributed by atoms with Gasteiger partial charge in [0, 0.05) is 104 Å². The molecule has 0 bridgehead atoms. The van der Waals surface area contributed by atoms with Crippen LogP contribution in [-0.4, -0.2) is 188 Å². The number of primary amides is 1. The third-order valence-electron chi connectivity index (χ3n) is 21.0. The molecule has 24 heteroatoms. The number of nitrogens with two attached hydrogens (primary N) is 1. The number of likely N-dealkylation sites (tertiary alicyclic amines) is 2. The largest absolute Gasteiger partial charge is 0.467 e. The number of carbonyl (C=O) groups is 12. The molecule has 0 aliphatic carbocycles. The van der Waals surface area contributed by atoms with E-state index in [-0.39, 0.29) is 142 Å². The number of ketones is 3. The topological polar surface area (TPSA) is 317 Å². The molecule has 580 valence electrons. The number of imide groups is 1. The van der Waals surface area contributed by atoms with E-state index in [2.05, 4.69) is 16.0 Å². The van der Waals surface area contributed by atoms with Crippen LogP contribution in [0, 0.1) is 47.3 Å². The highest BCUT2D eigenvalue weighted by molar-refractivity contribution is 6.03. The van der Waals surface area contributed by atoms with Gasteiger partial charge in [0.25, 0.3) is 0 Å². The number of hydrogen-bond acceptors (Lipinski definition) is 17. The van der Waals surface area contributed by atoms with Crippen LogP contribution in [0.2, 0.25) is 0 Å². The first-order valence-electron chi connectivity index (χ1n) is 37.6. The van der Waals surface area contributed by atoms with E-state index in [1.54, 1.807) is 55.0 Å². The van der Waals surface area contributed by atoms with Gasteiger partial charge in [-0.15, -0.1) is 0 Å². The Balaban J connectivity index is 1.15. The zero-order chi connectivity index (χ0) is 77.8. The predicted octanol–water partition coefficient (Wildman–Crippen LogP) is 8.71. The predicted molar refractivity (Wildman–Crippen MR) is 399 cm³/mol. The Bertz CT molecular complexity index is 3380. The lowest BCUT2D eigenvalue weighted by atomic mass is 9.83. The first kappa shape index (κ1) is 87.4. The smallest absolute Gasteiger partial charge is 0.328 e. The van der Waals surface area contributed by atoms with E-state index in [9.17, 15) is 52.7 Å². The number of hydrogen-bond donors (Lipinski definition) is 4. The molecule has 2 saturated heterocycles. The van der Waals surface area contributed by atoms with Crippen LogP contribution in [-0.2, 0) is 104 Å². The summed E-state index contributed by atoms with van der Waals surface area (Å²) in [5, 5.41) is 8.30. The number of nitrogens with one attached hydrogen (secondary N) is 3. The second kappa shape index (κ2) is 43.4. The molecule has 0 radical (unpaired) electrons. The van der Waals surface area contributed by atoms with Crippen molar-refractivity contribution in [3.05, 3.63) is 107 Å². The zero-order valence-corrected chi connectivity index (χ0v) is 64.9. The number of unbranched alkanes of at least 4 members (excludes halogenated alkanes) is 2. The van der Waals surface area contributed by atoms with Crippen molar-refractivity contribution in [2.45, 2.75) is 228 Å². The lowest BCUT2D eigenvalue weighted by Gasteiger charge is -2.41. The second-order valence-electron chi connectivity index (χ2n) is 30.0. The van der Waals surface area contributed by atoms with Crippen LogP contribution < -0.4 is 21.7 Å². The second-order valence-corrected chi connectivity index (χ2v) is 30.0. The molecule has 2 fully saturated rings. The first-order chi connectivity index (χ1) is 49.8. The Hall–Kier alpha value is -8.22. The van der Waals surface area contributed by atoms with Gasteiger partial charge in [-0.25, -0.2) is 9.59 Å². The highest BCUT2D eigenvalue weighted by atomic mass is 16.5. The van der Waals surface area contributed by atoms with Crippen molar-refractivity contribution in [3.8, 4) is 0 Å². The van der Waals surface area contributed by atoms with Crippen LogP contribution in [0.25, 0.3) is 0 Å². The summed E-state index contributed by atoms with van der Waals surface area (Å²) in [4.78, 5) is 168. The summed E-state index contributed by atoms with van der Waals surface area (Å²) in [6.45, 7) is 20.3. The van der Waals surface area contributed by atoms with Gasteiger partial charge in [-0.2, -0.15) is 0 Å². The molecular formula is C81H120N8O16. The standard InChI is InChI=1S/C81H120N8O16/c1-16-53(8)74(69(102-13)47-71(94)88-39-25-32-66(88)75(103-14)55(10)76(96)85-65(80(100)104-15)42-56-26-19-17-20-27-56)87(12)79(99)63(51(4)5)46-68(92)73(52(6)7)86(11)48-60-29-23-28-59(41-60)44-72(95)105-49-58-35-33-57(34-36-58)43-67(91)64(31-24-37-83-81(82)101)84-77(97)62(50(2)3)45-61(90)30-21-18-22-38-89-70(93)40-54(9)78(89)98/h17,19-20,23,26-29,33-36,41,50-55,62-66,69,73-75H,16,18,21-22,24-25,30-32,37-40,42-49H2,1-15H3,(H,84,97)(H,85,96)(H3,82,83,101)/t53-,54?,55+,62-,63-,64-,65-,66-,69+,73-,74-,75+/m0/s1. The summed E-state index contributed by atoms with van der Waals surface area (Å²) < 4.78 is 22.9. The third kappa shape index (κ3) is 26.7. The van der Waals surface area contributed by atoms with Gasteiger partial charge < -0.3 is 50.4 Å². The van der Waals surface area contributed by atoms with Crippen molar-refractivity contribution >= 4 is 70.8 Å². The molecule has 2 heterocycles. The fourth-order valence-electron chi connectivity index (χ4n) is 14.8. The van der Waals surface area contributed by atoms with E-state index in [0.29, 0.717) is 81.3 Å². The number of esters is 2. The van der Waals surface area contributed by atoms with Crippen LogP contribution >= 0.6 is 0 Å². The lowest BCUT2D eigenvalue weighted by Crippen LogP contribution is -2.55. The maximum Gasteiger partial charge on any atom is 0.328 e. The summed E-state index contributed by atoms with van der Waals surface area (Å²) >= 11 is 0. The monoisotopic (exact) mass is 1460 g/mol. The molecule has 5 N–H and O–H groups in total. The number of ether oxygens (including phenoxy) is 4. The summed E-state index contributed by atoms with van der Waals surface area (Å²) in [7, 11) is 7.94. The van der Waals surface area contributed by atoms with Crippen LogP contribution in [0.5, 0.6) is 0 Å². The van der Waals surface area contributed by atoms with Crippen LogP contribution in [0.15, 0.2) is 78.9 Å². The van der Waals surface area contributed by atoms with Crippen LogP contribution in [0.4, 0.5) is 4.79 Å². The molecule has 0 aromatic heterocycles. The quantitative estimate of drug-likeness (QED) is 0.0233. The summed E-state index contributed by atoms with van der Waals surface area (Å²) in [5.41, 5.74) is 9.03. The molecule has 0 spiro atoms. The number of urea groups is 1. The zero-order valence-electron chi connectivity index (χ0n) is 64.9. The number of Topliss-reactive ketones (excluding diaryl/α,β-unsaturated/α-hetero) is 3. The van der Waals surface area contributed by atoms with Gasteiger partial charge in [-0.1, -0.05) is 161 Å². The molecule has 2 aliphatic rings. The number of methoxy groups -OCH3 is 3. The number of rotatable bonds is 46. The highest BCUT2D eigenvalue weighted by Crippen LogP contribution is 2.32. The Morgan fingerprint density at radius 3 is 1.92 bits per heavy atom. The van der Waals surface area contributed by atoms with Gasteiger partial charge in [-0.05, 0) is 97.1 Å². The Kier molecular flexibility index (Phi) is 36.1. The van der Waals surface area contributed by atoms with Gasteiger partial charge >= 0.3 is 18.0 Å². The van der Waals surface area contributed by atoms with E-state index in [0.717, 1.165) is 11.1 Å². The fourth-order valence-corrected chi connectivity index (χ4v) is 14.8. The molecule has 12 atom stereocenters. The van der Waals surface area contributed by atoms with E-state index < -0.39 is 90.0 Å². The highest BCUT2D eigenvalue weighted by Gasteiger charge is 2.44. The molecular weight excluding hydrogens is 1340 g/mol. The van der Waals surface area contributed by atoms with Gasteiger partial charge in [-0.3, -0.25) is 57.7 Å². The van der Waals surface area contributed by atoms with Crippen molar-refractivity contribution in [2.75, 3.05) is 55.1 Å². The number of nitrogens with zero attached hydrogens (tertiary/aromatic N) is 4. The van der Waals surface area contributed by atoms with Crippen molar-refractivity contribution in [1.29, 1.82) is 0 Å². The van der Waals surface area contributed by atoms with E-state index in [4.69, 9.17) is 24.7 Å². The minimum absolute atomic E-state index is 0.0146. The minimum Gasteiger partial charge on any atom is -0.467 e. The van der Waals surface area contributed by atoms with E-state index in [1.807, 2.05) is 122 Å². The average molecular weight is 1460 g/mol. The minimum atomic E-state index is -0.939. The molecule has 8 amide bonds. The molecule has 105 heavy (non-hydrogen) atoms. The number of carbonyl (C=O) groups excluding carboxylic acids is 12. The average Bonchev–Trinajstić information content (AvgIpc) is 1.80. The Morgan fingerprint density at radius 1 is 0.676 bits per heavy atom. The number of amides is 8. The van der Waals surface area contributed by atoms with Crippen molar-refractivity contribution in [3.63, 3.8) is 0 Å². The van der Waals surface area contributed by atoms with Gasteiger partial charge in [0.05, 0.1) is 62.2 Å². The summed E-state index contributed by atoms with van der Waals surface area (Å²) in [6, 6.07) is 19.7. The fraction of sp³-hybridized carbons (Fsp3) is 0.630. The van der Waals surface area contributed by atoms with Crippen molar-refractivity contribution < 1.29 is 76.5 Å². The van der Waals surface area contributed by atoms with Gasteiger partial charge in [0.1, 0.15) is 18.4 Å². The molecule has 3 aromatic carbocycles. The van der Waals surface area contributed by atoms with Crippen molar-refractivity contribution in [1.82, 2.24) is 35.6 Å². The first-order valence-corrected chi connectivity index (χ1v) is 37.6. The van der Waals surface area contributed by atoms with E-state index >= 15 is 4.79 Å². The maximum atomic E-state index is 15.0. The molecule has 5 rings (SSSR count). The molecule has 0 saturated carbocycles. The number of benzene rings is 3. The lowest BCUT2D eigenvalue weighted by molar-refractivity contribution is -0.150. The molecule has 1 unspecified atom stereocenters.